The van der Waals surface area contributed by atoms with Crippen molar-refractivity contribution >= 4 is 11.9 Å². The van der Waals surface area contributed by atoms with Crippen LogP contribution in [0.5, 0.6) is 0 Å². The van der Waals surface area contributed by atoms with Gasteiger partial charge in [-0.1, -0.05) is 0 Å². The van der Waals surface area contributed by atoms with Crippen molar-refractivity contribution in [2.24, 2.45) is 5.92 Å². The molecule has 5 heteroatoms. The second-order valence-electron chi connectivity index (χ2n) is 3.89. The van der Waals surface area contributed by atoms with Crippen molar-refractivity contribution in [3.63, 3.8) is 0 Å². The standard InChI is InChI=1S/C10H18N2O3/c1-7(10(14)15-2)12-9(13)6-11-5-8-3-4-8/h7-8,11H,3-6H2,1-2H3,(H,12,13)/t7-/m0/s1. The molecule has 1 aliphatic carbocycles. The second-order valence-corrected chi connectivity index (χ2v) is 3.89. The van der Waals surface area contributed by atoms with Crippen molar-refractivity contribution in [3.8, 4) is 0 Å². The highest BCUT2D eigenvalue weighted by molar-refractivity contribution is 5.85. The van der Waals surface area contributed by atoms with E-state index in [1.54, 1.807) is 6.92 Å². The van der Waals surface area contributed by atoms with Crippen molar-refractivity contribution in [1.82, 2.24) is 10.6 Å². The lowest BCUT2D eigenvalue weighted by Crippen LogP contribution is -2.43. The molecule has 1 atom stereocenters. The fourth-order valence-electron chi connectivity index (χ4n) is 1.24. The van der Waals surface area contributed by atoms with E-state index in [9.17, 15) is 9.59 Å². The van der Waals surface area contributed by atoms with Crippen molar-refractivity contribution < 1.29 is 14.3 Å². The van der Waals surface area contributed by atoms with Crippen LogP contribution in [-0.4, -0.2) is 38.1 Å². The van der Waals surface area contributed by atoms with Gasteiger partial charge in [0, 0.05) is 0 Å². The Morgan fingerprint density at radius 2 is 2.13 bits per heavy atom. The van der Waals surface area contributed by atoms with E-state index < -0.39 is 12.0 Å². The number of hydrogen-bond donors (Lipinski definition) is 2. The average molecular weight is 214 g/mol. The summed E-state index contributed by atoms with van der Waals surface area (Å²) in [5.41, 5.74) is 0. The molecule has 0 saturated heterocycles. The molecule has 15 heavy (non-hydrogen) atoms. The summed E-state index contributed by atoms with van der Waals surface area (Å²) in [7, 11) is 1.30. The van der Waals surface area contributed by atoms with Crippen LogP contribution in [0.3, 0.4) is 0 Å². The minimum atomic E-state index is -0.578. The Labute approximate surface area is 89.6 Å². The van der Waals surface area contributed by atoms with Gasteiger partial charge in [0.05, 0.1) is 13.7 Å². The highest BCUT2D eigenvalue weighted by Crippen LogP contribution is 2.27. The molecule has 0 radical (unpaired) electrons. The van der Waals surface area contributed by atoms with Crippen molar-refractivity contribution in [2.75, 3.05) is 20.2 Å². The predicted octanol–water partition coefficient (Wildman–Crippen LogP) is -0.336. The number of hydrogen-bond acceptors (Lipinski definition) is 4. The topological polar surface area (TPSA) is 67.4 Å². The van der Waals surface area contributed by atoms with Gasteiger partial charge in [-0.2, -0.15) is 0 Å². The molecule has 2 N–H and O–H groups in total. The number of rotatable bonds is 6. The monoisotopic (exact) mass is 214 g/mol. The summed E-state index contributed by atoms with van der Waals surface area (Å²) >= 11 is 0. The van der Waals surface area contributed by atoms with Gasteiger partial charge in [-0.05, 0) is 32.2 Å². The number of carbonyl (C=O) groups excluding carboxylic acids is 2. The van der Waals surface area contributed by atoms with E-state index in [-0.39, 0.29) is 12.5 Å². The van der Waals surface area contributed by atoms with Crippen LogP contribution < -0.4 is 10.6 Å². The summed E-state index contributed by atoms with van der Waals surface area (Å²) in [6, 6.07) is -0.578. The van der Waals surface area contributed by atoms with Crippen LogP contribution in [0.4, 0.5) is 0 Å². The highest BCUT2D eigenvalue weighted by Gasteiger charge is 2.21. The van der Waals surface area contributed by atoms with Gasteiger partial charge in [0.1, 0.15) is 6.04 Å². The third-order valence-corrected chi connectivity index (χ3v) is 2.35. The van der Waals surface area contributed by atoms with Crippen LogP contribution in [-0.2, 0) is 14.3 Å². The van der Waals surface area contributed by atoms with Gasteiger partial charge >= 0.3 is 5.97 Å². The van der Waals surface area contributed by atoms with Gasteiger partial charge in [0.25, 0.3) is 0 Å². The molecule has 0 spiro atoms. The fourth-order valence-corrected chi connectivity index (χ4v) is 1.24. The minimum Gasteiger partial charge on any atom is -0.467 e. The molecule has 0 aromatic rings. The average Bonchev–Trinajstić information content (AvgIpc) is 3.00. The molecular weight excluding hydrogens is 196 g/mol. The summed E-state index contributed by atoms with van der Waals surface area (Å²) in [6.07, 6.45) is 2.51. The van der Waals surface area contributed by atoms with Gasteiger partial charge in [0.2, 0.25) is 5.91 Å². The first-order chi connectivity index (χ1) is 7.13. The molecule has 86 valence electrons. The second kappa shape index (κ2) is 5.70. The summed E-state index contributed by atoms with van der Waals surface area (Å²) in [4.78, 5) is 22.3. The first-order valence-electron chi connectivity index (χ1n) is 5.21. The van der Waals surface area contributed by atoms with Gasteiger partial charge in [0.15, 0.2) is 0 Å². The van der Waals surface area contributed by atoms with Gasteiger partial charge < -0.3 is 15.4 Å². The van der Waals surface area contributed by atoms with Crippen LogP contribution in [0.25, 0.3) is 0 Å². The Hall–Kier alpha value is -1.10. The molecule has 0 aromatic carbocycles. The SMILES string of the molecule is COC(=O)[C@H](C)NC(=O)CNCC1CC1. The molecule has 1 fully saturated rings. The Kier molecular flexibility index (Phi) is 4.55. The molecule has 1 saturated carbocycles. The minimum absolute atomic E-state index is 0.173. The zero-order chi connectivity index (χ0) is 11.3. The van der Waals surface area contributed by atoms with Crippen LogP contribution in [0.1, 0.15) is 19.8 Å². The summed E-state index contributed by atoms with van der Waals surface area (Å²) in [6.45, 7) is 2.75. The molecule has 5 nitrogen and oxygen atoms in total. The smallest absolute Gasteiger partial charge is 0.328 e. The van der Waals surface area contributed by atoms with Crippen molar-refractivity contribution in [3.05, 3.63) is 0 Å². The normalized spacial score (nSPS) is 16.9. The number of nitrogens with one attached hydrogen (secondary N) is 2. The number of ether oxygens (including phenoxy) is 1. The molecule has 0 heterocycles. The molecule has 0 unspecified atom stereocenters. The number of methoxy groups -OCH3 is 1. The van der Waals surface area contributed by atoms with Crippen LogP contribution >= 0.6 is 0 Å². The molecule has 1 rings (SSSR count). The molecule has 1 amide bonds. The zero-order valence-corrected chi connectivity index (χ0v) is 9.21. The molecule has 0 aromatic heterocycles. The third-order valence-electron chi connectivity index (χ3n) is 2.35. The number of carbonyl (C=O) groups is 2. The molecule has 1 aliphatic rings. The third kappa shape index (κ3) is 4.78. The van der Waals surface area contributed by atoms with E-state index in [0.717, 1.165) is 12.5 Å². The first kappa shape index (κ1) is 12.0. The van der Waals surface area contributed by atoms with E-state index in [4.69, 9.17) is 0 Å². The Balaban J connectivity index is 2.07. The maximum Gasteiger partial charge on any atom is 0.328 e. The predicted molar refractivity (Wildman–Crippen MR) is 55.2 cm³/mol. The maximum absolute atomic E-state index is 11.3. The molecular formula is C10H18N2O3. The van der Waals surface area contributed by atoms with Gasteiger partial charge in [-0.25, -0.2) is 4.79 Å². The Morgan fingerprint density at radius 1 is 1.47 bits per heavy atom. The van der Waals surface area contributed by atoms with E-state index in [2.05, 4.69) is 15.4 Å². The molecule has 0 aliphatic heterocycles. The van der Waals surface area contributed by atoms with Gasteiger partial charge in [-0.15, -0.1) is 0 Å². The van der Waals surface area contributed by atoms with Crippen molar-refractivity contribution in [1.29, 1.82) is 0 Å². The lowest BCUT2D eigenvalue weighted by Gasteiger charge is -2.11. The Bertz CT molecular complexity index is 239. The lowest BCUT2D eigenvalue weighted by atomic mass is 10.3. The summed E-state index contributed by atoms with van der Waals surface area (Å²) in [5.74, 6) is 0.148. The molecule has 0 bridgehead atoms. The van der Waals surface area contributed by atoms with Crippen LogP contribution in [0.2, 0.25) is 0 Å². The zero-order valence-electron chi connectivity index (χ0n) is 9.21. The maximum atomic E-state index is 11.3. The van der Waals surface area contributed by atoms with Crippen LogP contribution in [0.15, 0.2) is 0 Å². The fraction of sp³-hybridized carbons (Fsp3) is 0.800. The van der Waals surface area contributed by atoms with E-state index in [1.807, 2.05) is 0 Å². The summed E-state index contributed by atoms with van der Waals surface area (Å²) in [5, 5.41) is 5.59. The van der Waals surface area contributed by atoms with E-state index >= 15 is 0 Å². The first-order valence-corrected chi connectivity index (χ1v) is 5.21. The van der Waals surface area contributed by atoms with Crippen molar-refractivity contribution in [2.45, 2.75) is 25.8 Å². The lowest BCUT2D eigenvalue weighted by molar-refractivity contribution is -0.144. The van der Waals surface area contributed by atoms with E-state index in [0.29, 0.717) is 0 Å². The number of esters is 1. The van der Waals surface area contributed by atoms with E-state index in [1.165, 1.54) is 20.0 Å². The van der Waals surface area contributed by atoms with Gasteiger partial charge in [-0.3, -0.25) is 4.79 Å². The summed E-state index contributed by atoms with van der Waals surface area (Å²) < 4.78 is 4.49. The largest absolute Gasteiger partial charge is 0.467 e. The van der Waals surface area contributed by atoms with Crippen LogP contribution in [0, 0.1) is 5.92 Å². The quantitative estimate of drug-likeness (QED) is 0.594. The number of amides is 1. The Morgan fingerprint density at radius 3 is 2.67 bits per heavy atom. The highest BCUT2D eigenvalue weighted by atomic mass is 16.5.